The fourth-order valence-corrected chi connectivity index (χ4v) is 3.46. The van der Waals surface area contributed by atoms with E-state index in [4.69, 9.17) is 0 Å². The average Bonchev–Trinajstić information content (AvgIpc) is 3.06. The van der Waals surface area contributed by atoms with Crippen LogP contribution in [0.1, 0.15) is 11.3 Å². The maximum Gasteiger partial charge on any atom is 0.150 e. The first-order chi connectivity index (χ1) is 9.31. The van der Waals surface area contributed by atoms with Crippen molar-refractivity contribution in [3.63, 3.8) is 0 Å². The summed E-state index contributed by atoms with van der Waals surface area (Å²) in [4.78, 5) is 4.44. The third-order valence-electron chi connectivity index (χ3n) is 2.62. The number of rotatable bonds is 4. The smallest absolute Gasteiger partial charge is 0.150 e. The van der Waals surface area contributed by atoms with E-state index < -0.39 is 0 Å². The van der Waals surface area contributed by atoms with E-state index >= 15 is 0 Å². The van der Waals surface area contributed by atoms with E-state index in [0.717, 1.165) is 21.5 Å². The maximum atomic E-state index is 4.44. The number of aromatic nitrogens is 3. The number of aryl methyl sites for hydroxylation is 1. The molecule has 1 aromatic carbocycles. The molecule has 19 heavy (non-hydrogen) atoms. The van der Waals surface area contributed by atoms with Crippen molar-refractivity contribution >= 4 is 23.1 Å². The van der Waals surface area contributed by atoms with E-state index in [-0.39, 0.29) is 0 Å². The van der Waals surface area contributed by atoms with Crippen LogP contribution in [0.4, 0.5) is 0 Å². The predicted octanol–water partition coefficient (Wildman–Crippen LogP) is 3.93. The Morgan fingerprint density at radius 3 is 2.84 bits per heavy atom. The molecule has 0 aliphatic carbocycles. The van der Waals surface area contributed by atoms with Crippen molar-refractivity contribution in [1.29, 1.82) is 0 Å². The molecule has 0 fully saturated rings. The first-order valence-electron chi connectivity index (χ1n) is 5.95. The molecule has 0 saturated heterocycles. The summed E-state index contributed by atoms with van der Waals surface area (Å²) in [5, 5.41) is 6.47. The van der Waals surface area contributed by atoms with Gasteiger partial charge in [0, 0.05) is 28.6 Å². The Bertz CT molecular complexity index is 658. The Labute approximate surface area is 120 Å². The van der Waals surface area contributed by atoms with E-state index in [1.807, 2.05) is 48.1 Å². The first-order valence-corrected chi connectivity index (χ1v) is 7.82. The SMILES string of the molecule is Cc1csc(SCc2cnn(-c3ccccc3)c2)n1. The molecule has 0 unspecified atom stereocenters. The molecule has 0 atom stereocenters. The van der Waals surface area contributed by atoms with Crippen LogP contribution >= 0.6 is 23.1 Å². The summed E-state index contributed by atoms with van der Waals surface area (Å²) >= 11 is 3.45. The number of thiazole rings is 1. The van der Waals surface area contributed by atoms with Crippen LogP contribution in [0.2, 0.25) is 0 Å². The quantitative estimate of drug-likeness (QED) is 0.681. The van der Waals surface area contributed by atoms with Crippen molar-refractivity contribution in [1.82, 2.24) is 14.8 Å². The molecular weight excluding hydrogens is 274 g/mol. The fourth-order valence-electron chi connectivity index (χ4n) is 1.70. The van der Waals surface area contributed by atoms with E-state index in [1.54, 1.807) is 23.1 Å². The van der Waals surface area contributed by atoms with Gasteiger partial charge >= 0.3 is 0 Å². The minimum absolute atomic E-state index is 0.903. The van der Waals surface area contributed by atoms with Gasteiger partial charge in [0.1, 0.15) is 4.34 Å². The van der Waals surface area contributed by atoms with Crippen molar-refractivity contribution in [3.05, 3.63) is 59.4 Å². The molecule has 2 heterocycles. The van der Waals surface area contributed by atoms with Crippen LogP contribution in [0.15, 0.2) is 52.4 Å². The van der Waals surface area contributed by atoms with Gasteiger partial charge in [0.15, 0.2) is 0 Å². The van der Waals surface area contributed by atoms with Crippen LogP contribution in [0.3, 0.4) is 0 Å². The zero-order valence-electron chi connectivity index (χ0n) is 10.5. The highest BCUT2D eigenvalue weighted by molar-refractivity contribution is 8.00. The Morgan fingerprint density at radius 2 is 2.11 bits per heavy atom. The summed E-state index contributed by atoms with van der Waals surface area (Å²) < 4.78 is 3.02. The van der Waals surface area contributed by atoms with Crippen LogP contribution in [0, 0.1) is 6.92 Å². The fraction of sp³-hybridized carbons (Fsp3) is 0.143. The molecule has 0 saturated carbocycles. The van der Waals surface area contributed by atoms with E-state index in [1.165, 1.54) is 5.56 Å². The van der Waals surface area contributed by atoms with E-state index in [2.05, 4.69) is 21.7 Å². The van der Waals surface area contributed by atoms with Gasteiger partial charge < -0.3 is 0 Å². The lowest BCUT2D eigenvalue weighted by atomic mass is 10.3. The lowest BCUT2D eigenvalue weighted by Gasteiger charge is -1.99. The molecule has 3 rings (SSSR count). The highest BCUT2D eigenvalue weighted by Crippen LogP contribution is 2.26. The van der Waals surface area contributed by atoms with Crippen LogP contribution in [0.25, 0.3) is 5.69 Å². The van der Waals surface area contributed by atoms with Gasteiger partial charge in [-0.15, -0.1) is 11.3 Å². The first kappa shape index (κ1) is 12.4. The molecule has 0 aliphatic rings. The molecule has 0 aliphatic heterocycles. The second-order valence-electron chi connectivity index (χ2n) is 4.17. The summed E-state index contributed by atoms with van der Waals surface area (Å²) in [6, 6.07) is 10.1. The molecule has 0 bridgehead atoms. The second-order valence-corrected chi connectivity index (χ2v) is 6.25. The number of hydrogen-bond donors (Lipinski definition) is 0. The topological polar surface area (TPSA) is 30.7 Å². The van der Waals surface area contributed by atoms with Gasteiger partial charge in [-0.25, -0.2) is 9.67 Å². The monoisotopic (exact) mass is 287 g/mol. The summed E-state index contributed by atoms with van der Waals surface area (Å²) in [5.74, 6) is 0.903. The van der Waals surface area contributed by atoms with Crippen molar-refractivity contribution < 1.29 is 0 Å². The predicted molar refractivity (Wildman–Crippen MR) is 80.0 cm³/mol. The Balaban J connectivity index is 1.68. The van der Waals surface area contributed by atoms with Gasteiger partial charge in [-0.3, -0.25) is 0 Å². The summed E-state index contributed by atoms with van der Waals surface area (Å²) in [7, 11) is 0. The van der Waals surface area contributed by atoms with Crippen LogP contribution in [-0.4, -0.2) is 14.8 Å². The highest BCUT2D eigenvalue weighted by Gasteiger charge is 2.04. The normalized spacial score (nSPS) is 10.8. The molecular formula is C14H13N3S2. The van der Waals surface area contributed by atoms with Crippen molar-refractivity contribution in [2.45, 2.75) is 17.0 Å². The Hall–Kier alpha value is -1.59. The molecule has 3 aromatic rings. The Kier molecular flexibility index (Phi) is 3.66. The van der Waals surface area contributed by atoms with Crippen molar-refractivity contribution in [2.24, 2.45) is 0 Å². The van der Waals surface area contributed by atoms with Crippen molar-refractivity contribution in [3.8, 4) is 5.69 Å². The van der Waals surface area contributed by atoms with E-state index in [9.17, 15) is 0 Å². The minimum Gasteiger partial charge on any atom is -0.241 e. The molecule has 0 amide bonds. The van der Waals surface area contributed by atoms with Crippen molar-refractivity contribution in [2.75, 3.05) is 0 Å². The highest BCUT2D eigenvalue weighted by atomic mass is 32.2. The standard InChI is InChI=1S/C14H13N3S2/c1-11-9-18-14(16-11)19-10-12-7-15-17(8-12)13-5-3-2-4-6-13/h2-9H,10H2,1H3. The number of para-hydroxylation sites is 1. The van der Waals surface area contributed by atoms with Gasteiger partial charge in [0.2, 0.25) is 0 Å². The number of nitrogens with zero attached hydrogens (tertiary/aromatic N) is 3. The maximum absolute atomic E-state index is 4.44. The third kappa shape index (κ3) is 3.05. The second kappa shape index (κ2) is 5.59. The number of hydrogen-bond acceptors (Lipinski definition) is 4. The van der Waals surface area contributed by atoms with Crippen LogP contribution < -0.4 is 0 Å². The Morgan fingerprint density at radius 1 is 1.26 bits per heavy atom. The lowest BCUT2D eigenvalue weighted by Crippen LogP contribution is -1.92. The molecule has 0 radical (unpaired) electrons. The lowest BCUT2D eigenvalue weighted by molar-refractivity contribution is 0.880. The summed E-state index contributed by atoms with van der Waals surface area (Å²) in [5.41, 5.74) is 3.39. The van der Waals surface area contributed by atoms with Gasteiger partial charge in [-0.1, -0.05) is 30.0 Å². The van der Waals surface area contributed by atoms with Crippen LogP contribution in [-0.2, 0) is 5.75 Å². The molecule has 0 N–H and O–H groups in total. The largest absolute Gasteiger partial charge is 0.241 e. The zero-order valence-corrected chi connectivity index (χ0v) is 12.1. The molecule has 96 valence electrons. The third-order valence-corrected chi connectivity index (χ3v) is 4.83. The molecule has 2 aromatic heterocycles. The molecule has 3 nitrogen and oxygen atoms in total. The molecule has 5 heteroatoms. The van der Waals surface area contributed by atoms with Gasteiger partial charge in [0.25, 0.3) is 0 Å². The summed E-state index contributed by atoms with van der Waals surface area (Å²) in [6.45, 7) is 2.02. The minimum atomic E-state index is 0.903. The zero-order chi connectivity index (χ0) is 13.1. The van der Waals surface area contributed by atoms with Crippen LogP contribution in [0.5, 0.6) is 0 Å². The van der Waals surface area contributed by atoms with Gasteiger partial charge in [0.05, 0.1) is 11.9 Å². The number of benzene rings is 1. The summed E-state index contributed by atoms with van der Waals surface area (Å²) in [6.07, 6.45) is 3.99. The van der Waals surface area contributed by atoms with E-state index in [0.29, 0.717) is 0 Å². The number of thioether (sulfide) groups is 1. The van der Waals surface area contributed by atoms with Gasteiger partial charge in [-0.2, -0.15) is 5.10 Å². The van der Waals surface area contributed by atoms with Gasteiger partial charge in [-0.05, 0) is 19.1 Å². The average molecular weight is 287 g/mol. The molecule has 0 spiro atoms.